The Morgan fingerprint density at radius 3 is 2.53 bits per heavy atom. The number of nitrogens with one attached hydrogen (secondary N) is 1. The molecule has 19 heavy (non-hydrogen) atoms. The van der Waals surface area contributed by atoms with Crippen molar-refractivity contribution in [2.75, 3.05) is 19.8 Å². The molecule has 3 nitrogen and oxygen atoms in total. The van der Waals surface area contributed by atoms with Gasteiger partial charge < -0.3 is 14.8 Å². The number of halogens is 3. The third-order valence-electron chi connectivity index (χ3n) is 3.46. The fraction of sp³-hybridized carbons (Fsp3) is 1.00. The minimum absolute atomic E-state index is 0.0306. The highest BCUT2D eigenvalue weighted by Crippen LogP contribution is 2.23. The third-order valence-corrected chi connectivity index (χ3v) is 3.46. The van der Waals surface area contributed by atoms with Gasteiger partial charge in [0.25, 0.3) is 0 Å². The Hall–Kier alpha value is -0.330. The van der Waals surface area contributed by atoms with Crippen molar-refractivity contribution in [1.29, 1.82) is 0 Å². The first-order valence-corrected chi connectivity index (χ1v) is 7.06. The topological polar surface area (TPSA) is 30.5 Å². The Labute approximate surface area is 111 Å². The molecule has 0 spiro atoms. The van der Waals surface area contributed by atoms with Gasteiger partial charge in [0.1, 0.15) is 0 Å². The van der Waals surface area contributed by atoms with Gasteiger partial charge in [-0.3, -0.25) is 0 Å². The van der Waals surface area contributed by atoms with Crippen molar-refractivity contribution in [2.24, 2.45) is 0 Å². The van der Waals surface area contributed by atoms with E-state index in [-0.39, 0.29) is 25.2 Å². The smallest absolute Gasteiger partial charge is 0.379 e. The minimum atomic E-state index is -4.08. The molecule has 1 saturated carbocycles. The van der Waals surface area contributed by atoms with E-state index in [0.29, 0.717) is 12.6 Å². The molecule has 0 amide bonds. The predicted molar refractivity (Wildman–Crippen MR) is 65.0 cm³/mol. The Morgan fingerprint density at radius 1 is 1.11 bits per heavy atom. The summed E-state index contributed by atoms with van der Waals surface area (Å²) in [5, 5.41) is 3.42. The second kappa shape index (κ2) is 6.90. The maximum absolute atomic E-state index is 11.9. The highest BCUT2D eigenvalue weighted by atomic mass is 19.4. The molecule has 0 bridgehead atoms. The summed E-state index contributed by atoms with van der Waals surface area (Å²) < 4.78 is 46.7. The lowest BCUT2D eigenvalue weighted by Gasteiger charge is -2.14. The van der Waals surface area contributed by atoms with Gasteiger partial charge in [-0.15, -0.1) is 0 Å². The molecule has 0 radical (unpaired) electrons. The van der Waals surface area contributed by atoms with Crippen molar-refractivity contribution in [3.63, 3.8) is 0 Å². The molecule has 2 rings (SSSR count). The summed E-state index contributed by atoms with van der Waals surface area (Å²) in [5.41, 5.74) is 0. The lowest BCUT2D eigenvalue weighted by Crippen LogP contribution is -2.29. The largest absolute Gasteiger partial charge is 0.389 e. The van der Waals surface area contributed by atoms with E-state index in [4.69, 9.17) is 9.47 Å². The summed E-state index contributed by atoms with van der Waals surface area (Å²) in [7, 11) is 0. The standard InChI is InChI=1S/C13H22F3NO2/c14-13(15,16)6-1-7-18-9-12-5-4-11(19-12)8-17-10-2-3-10/h10-12,17H,1-9H2. The normalized spacial score (nSPS) is 27.9. The molecule has 2 unspecified atom stereocenters. The lowest BCUT2D eigenvalue weighted by atomic mass is 10.2. The first-order valence-electron chi connectivity index (χ1n) is 7.06. The van der Waals surface area contributed by atoms with Crippen LogP contribution in [0.25, 0.3) is 0 Å². The highest BCUT2D eigenvalue weighted by Gasteiger charge is 2.28. The van der Waals surface area contributed by atoms with Crippen molar-refractivity contribution in [2.45, 2.75) is 63.0 Å². The van der Waals surface area contributed by atoms with Crippen LogP contribution in [-0.4, -0.2) is 44.2 Å². The van der Waals surface area contributed by atoms with Crippen LogP contribution in [0.3, 0.4) is 0 Å². The molecule has 1 aliphatic heterocycles. The van der Waals surface area contributed by atoms with Crippen molar-refractivity contribution in [1.82, 2.24) is 5.32 Å². The Bertz CT molecular complexity index is 269. The Kier molecular flexibility index (Phi) is 5.47. The second-order valence-electron chi connectivity index (χ2n) is 5.43. The van der Waals surface area contributed by atoms with Gasteiger partial charge in [-0.1, -0.05) is 0 Å². The zero-order chi connectivity index (χ0) is 13.7. The molecular weight excluding hydrogens is 259 g/mol. The van der Waals surface area contributed by atoms with Crippen molar-refractivity contribution < 1.29 is 22.6 Å². The van der Waals surface area contributed by atoms with Crippen LogP contribution in [0.1, 0.15) is 38.5 Å². The van der Waals surface area contributed by atoms with Gasteiger partial charge in [0.05, 0.1) is 18.8 Å². The van der Waals surface area contributed by atoms with E-state index in [1.807, 2.05) is 0 Å². The van der Waals surface area contributed by atoms with E-state index in [1.54, 1.807) is 0 Å². The third kappa shape index (κ3) is 6.58. The van der Waals surface area contributed by atoms with Crippen molar-refractivity contribution >= 4 is 0 Å². The molecule has 0 aromatic rings. The summed E-state index contributed by atoms with van der Waals surface area (Å²) in [4.78, 5) is 0. The van der Waals surface area contributed by atoms with E-state index in [1.165, 1.54) is 12.8 Å². The molecule has 1 N–H and O–H groups in total. The van der Waals surface area contributed by atoms with Crippen LogP contribution in [0, 0.1) is 0 Å². The first-order chi connectivity index (χ1) is 9.03. The molecule has 0 aromatic carbocycles. The lowest BCUT2D eigenvalue weighted by molar-refractivity contribution is -0.138. The molecule has 2 fully saturated rings. The summed E-state index contributed by atoms with van der Waals surface area (Å²) in [6.45, 7) is 1.46. The van der Waals surface area contributed by atoms with Gasteiger partial charge in [-0.25, -0.2) is 0 Å². The van der Waals surface area contributed by atoms with Gasteiger partial charge in [0, 0.05) is 25.6 Å². The zero-order valence-corrected chi connectivity index (χ0v) is 11.0. The SMILES string of the molecule is FC(F)(F)CCCOCC1CCC(CNC2CC2)O1. The van der Waals surface area contributed by atoms with Crippen LogP contribution in [0.15, 0.2) is 0 Å². The maximum Gasteiger partial charge on any atom is 0.389 e. The number of rotatable bonds is 8. The van der Waals surface area contributed by atoms with Crippen LogP contribution in [0.5, 0.6) is 0 Å². The predicted octanol–water partition coefficient (Wildman–Crippen LogP) is 2.65. The van der Waals surface area contributed by atoms with Crippen molar-refractivity contribution in [3.8, 4) is 0 Å². The van der Waals surface area contributed by atoms with Gasteiger partial charge in [-0.05, 0) is 32.1 Å². The average Bonchev–Trinajstić information content (AvgIpc) is 3.05. The summed E-state index contributed by atoms with van der Waals surface area (Å²) in [6.07, 6.45) is -0.0488. The van der Waals surface area contributed by atoms with E-state index in [0.717, 1.165) is 19.4 Å². The van der Waals surface area contributed by atoms with Crippen LogP contribution in [-0.2, 0) is 9.47 Å². The number of hydrogen-bond donors (Lipinski definition) is 1. The molecule has 112 valence electrons. The second-order valence-corrected chi connectivity index (χ2v) is 5.43. The molecule has 0 aromatic heterocycles. The zero-order valence-electron chi connectivity index (χ0n) is 11.0. The molecule has 2 atom stereocenters. The van der Waals surface area contributed by atoms with Gasteiger partial charge in [0.15, 0.2) is 0 Å². The highest BCUT2D eigenvalue weighted by molar-refractivity contribution is 4.84. The number of ether oxygens (including phenoxy) is 2. The molecule has 2 aliphatic rings. The van der Waals surface area contributed by atoms with Gasteiger partial charge >= 0.3 is 6.18 Å². The van der Waals surface area contributed by atoms with E-state index in [2.05, 4.69) is 5.32 Å². The minimum Gasteiger partial charge on any atom is -0.379 e. The molecule has 1 saturated heterocycles. The molecule has 1 heterocycles. The fourth-order valence-electron chi connectivity index (χ4n) is 2.23. The first kappa shape index (κ1) is 15.1. The van der Waals surface area contributed by atoms with E-state index >= 15 is 0 Å². The summed E-state index contributed by atoms with van der Waals surface area (Å²) >= 11 is 0. The number of hydrogen-bond acceptors (Lipinski definition) is 3. The van der Waals surface area contributed by atoms with E-state index < -0.39 is 12.6 Å². The maximum atomic E-state index is 11.9. The Balaban J connectivity index is 1.45. The number of alkyl halides is 3. The summed E-state index contributed by atoms with van der Waals surface area (Å²) in [5.74, 6) is 0. The molecular formula is C13H22F3NO2. The fourth-order valence-corrected chi connectivity index (χ4v) is 2.23. The van der Waals surface area contributed by atoms with Gasteiger partial charge in [0.2, 0.25) is 0 Å². The molecule has 6 heteroatoms. The van der Waals surface area contributed by atoms with Gasteiger partial charge in [-0.2, -0.15) is 13.2 Å². The Morgan fingerprint density at radius 2 is 1.84 bits per heavy atom. The molecule has 1 aliphatic carbocycles. The summed E-state index contributed by atoms with van der Waals surface area (Å²) in [6, 6.07) is 0.682. The monoisotopic (exact) mass is 281 g/mol. The van der Waals surface area contributed by atoms with Crippen LogP contribution < -0.4 is 5.32 Å². The van der Waals surface area contributed by atoms with Crippen LogP contribution >= 0.6 is 0 Å². The quantitative estimate of drug-likeness (QED) is 0.694. The van der Waals surface area contributed by atoms with Crippen molar-refractivity contribution in [3.05, 3.63) is 0 Å². The van der Waals surface area contributed by atoms with E-state index in [9.17, 15) is 13.2 Å². The van der Waals surface area contributed by atoms with Crippen LogP contribution in [0.4, 0.5) is 13.2 Å². The average molecular weight is 281 g/mol. The van der Waals surface area contributed by atoms with Crippen LogP contribution in [0.2, 0.25) is 0 Å².